The minimum Gasteiger partial charge on any atom is -0.352 e. The number of rotatable bonds is 8. The molecule has 0 saturated heterocycles. The van der Waals surface area contributed by atoms with Crippen molar-refractivity contribution in [3.63, 3.8) is 0 Å². The third-order valence-corrected chi connectivity index (χ3v) is 5.53. The number of nitrogens with one attached hydrogen (secondary N) is 2. The first-order valence-corrected chi connectivity index (χ1v) is 10.00. The average molecular weight is 413 g/mol. The maximum atomic E-state index is 12.3. The van der Waals surface area contributed by atoms with E-state index in [9.17, 15) is 13.2 Å². The van der Waals surface area contributed by atoms with Crippen molar-refractivity contribution in [1.82, 2.24) is 10.0 Å². The largest absolute Gasteiger partial charge is 0.352 e. The van der Waals surface area contributed by atoms with Crippen LogP contribution in [0.15, 0.2) is 60.0 Å². The van der Waals surface area contributed by atoms with E-state index in [2.05, 4.69) is 16.6 Å². The molecule has 1 amide bonds. The van der Waals surface area contributed by atoms with Crippen LogP contribution in [0, 0.1) is 0 Å². The zero-order valence-corrected chi connectivity index (χ0v) is 16.2. The number of carbonyl (C=O) groups is 1. The van der Waals surface area contributed by atoms with Crippen LogP contribution in [-0.2, 0) is 16.4 Å². The highest BCUT2D eigenvalue weighted by atomic mass is 35.5. The predicted octanol–water partition coefficient (Wildman–Crippen LogP) is 3.43. The summed E-state index contributed by atoms with van der Waals surface area (Å²) in [6.07, 6.45) is 1.97. The molecule has 0 aromatic heterocycles. The summed E-state index contributed by atoms with van der Waals surface area (Å²) in [5, 5.41) is 3.83. The number of sulfonamides is 1. The number of benzene rings is 2. The molecule has 2 N–H and O–H groups in total. The Kier molecular flexibility index (Phi) is 7.23. The fraction of sp³-hybridized carbons (Fsp3) is 0.167. The monoisotopic (exact) mass is 412 g/mol. The van der Waals surface area contributed by atoms with Gasteiger partial charge in [0.05, 0.1) is 4.90 Å². The van der Waals surface area contributed by atoms with Gasteiger partial charge in [0, 0.05) is 28.7 Å². The Morgan fingerprint density at radius 2 is 1.92 bits per heavy atom. The molecule has 8 heteroatoms. The molecule has 2 aromatic carbocycles. The second kappa shape index (κ2) is 9.19. The molecule has 0 aliphatic rings. The molecule has 138 valence electrons. The summed E-state index contributed by atoms with van der Waals surface area (Å²) in [5.74, 6) is -0.365. The highest BCUT2D eigenvalue weighted by Crippen LogP contribution is 2.21. The molecule has 0 unspecified atom stereocenters. The molecule has 0 aliphatic carbocycles. The van der Waals surface area contributed by atoms with Crippen molar-refractivity contribution >= 4 is 39.1 Å². The molecule has 5 nitrogen and oxygen atoms in total. The van der Waals surface area contributed by atoms with Crippen molar-refractivity contribution in [3.8, 4) is 0 Å². The highest BCUT2D eigenvalue weighted by Gasteiger charge is 2.15. The highest BCUT2D eigenvalue weighted by molar-refractivity contribution is 7.89. The Morgan fingerprint density at radius 1 is 1.15 bits per heavy atom. The van der Waals surface area contributed by atoms with Gasteiger partial charge in [0.25, 0.3) is 5.91 Å². The second-order valence-corrected chi connectivity index (χ2v) is 8.02. The van der Waals surface area contributed by atoms with Gasteiger partial charge >= 0.3 is 0 Å². The molecule has 0 radical (unpaired) electrons. The van der Waals surface area contributed by atoms with E-state index >= 15 is 0 Å². The summed E-state index contributed by atoms with van der Waals surface area (Å²) in [5.41, 5.74) is 1.12. The quantitative estimate of drug-likeness (QED) is 0.652. The van der Waals surface area contributed by atoms with Crippen molar-refractivity contribution in [2.45, 2.75) is 11.3 Å². The standard InChI is InChI=1S/C18H18Cl2N2O3S/c1-2-9-22-26(24,25)16-5-3-4-14(11-16)18(23)21-10-8-13-6-7-15(19)12-17(13)20/h2-7,11-12,22H,1,8-10H2,(H,21,23). The van der Waals surface area contributed by atoms with E-state index in [4.69, 9.17) is 23.2 Å². The van der Waals surface area contributed by atoms with Gasteiger partial charge in [-0.2, -0.15) is 0 Å². The Labute approximate surface area is 163 Å². The van der Waals surface area contributed by atoms with E-state index in [1.54, 1.807) is 24.3 Å². The summed E-state index contributed by atoms with van der Waals surface area (Å²) in [6.45, 7) is 3.93. The van der Waals surface area contributed by atoms with E-state index in [-0.39, 0.29) is 22.9 Å². The van der Waals surface area contributed by atoms with E-state index < -0.39 is 10.0 Å². The van der Waals surface area contributed by atoms with Crippen LogP contribution < -0.4 is 10.0 Å². The number of hydrogen-bond donors (Lipinski definition) is 2. The van der Waals surface area contributed by atoms with Crippen LogP contribution in [0.3, 0.4) is 0 Å². The topological polar surface area (TPSA) is 75.3 Å². The van der Waals surface area contributed by atoms with Crippen LogP contribution in [-0.4, -0.2) is 27.4 Å². The lowest BCUT2D eigenvalue weighted by atomic mass is 10.1. The number of amides is 1. The third-order valence-electron chi connectivity index (χ3n) is 3.52. The lowest BCUT2D eigenvalue weighted by Crippen LogP contribution is -2.27. The molecule has 0 fully saturated rings. The van der Waals surface area contributed by atoms with Crippen molar-refractivity contribution in [3.05, 3.63) is 76.3 Å². The van der Waals surface area contributed by atoms with Crippen molar-refractivity contribution in [2.24, 2.45) is 0 Å². The minimum absolute atomic E-state index is 0.0211. The summed E-state index contributed by atoms with van der Waals surface area (Å²) < 4.78 is 26.6. The molecule has 0 bridgehead atoms. The summed E-state index contributed by atoms with van der Waals surface area (Å²) in [7, 11) is -3.68. The molecule has 0 spiro atoms. The van der Waals surface area contributed by atoms with E-state index in [1.165, 1.54) is 24.3 Å². The van der Waals surface area contributed by atoms with Crippen LogP contribution in [0.25, 0.3) is 0 Å². The van der Waals surface area contributed by atoms with Crippen LogP contribution in [0.2, 0.25) is 10.0 Å². The van der Waals surface area contributed by atoms with Gasteiger partial charge < -0.3 is 5.32 Å². The zero-order chi connectivity index (χ0) is 19.2. The molecule has 0 aliphatic heterocycles. The Morgan fingerprint density at radius 3 is 2.62 bits per heavy atom. The number of hydrogen-bond acceptors (Lipinski definition) is 3. The summed E-state index contributed by atoms with van der Waals surface area (Å²) in [6, 6.07) is 11.0. The van der Waals surface area contributed by atoms with Crippen LogP contribution in [0.1, 0.15) is 15.9 Å². The Hall–Kier alpha value is -1.86. The van der Waals surface area contributed by atoms with Gasteiger partial charge in [0.2, 0.25) is 10.0 Å². The first-order chi connectivity index (χ1) is 12.3. The fourth-order valence-corrected chi connectivity index (χ4v) is 3.74. The van der Waals surface area contributed by atoms with E-state index in [0.29, 0.717) is 23.0 Å². The first kappa shape index (κ1) is 20.5. The van der Waals surface area contributed by atoms with Gasteiger partial charge in [-0.1, -0.05) is 41.4 Å². The molecule has 0 atom stereocenters. The van der Waals surface area contributed by atoms with E-state index in [1.807, 2.05) is 0 Å². The number of halogens is 2. The third kappa shape index (κ3) is 5.57. The molecule has 2 rings (SSSR count). The Bertz CT molecular complexity index is 914. The lowest BCUT2D eigenvalue weighted by molar-refractivity contribution is 0.0954. The maximum absolute atomic E-state index is 12.3. The average Bonchev–Trinajstić information content (AvgIpc) is 2.62. The summed E-state index contributed by atoms with van der Waals surface area (Å²) >= 11 is 11.9. The van der Waals surface area contributed by atoms with Crippen molar-refractivity contribution in [2.75, 3.05) is 13.1 Å². The normalized spacial score (nSPS) is 11.2. The number of carbonyl (C=O) groups excluding carboxylic acids is 1. The Balaban J connectivity index is 2.01. The SMILES string of the molecule is C=CCNS(=O)(=O)c1cccc(C(=O)NCCc2ccc(Cl)cc2Cl)c1. The lowest BCUT2D eigenvalue weighted by Gasteiger charge is -2.09. The fourth-order valence-electron chi connectivity index (χ4n) is 2.19. The predicted molar refractivity (Wildman–Crippen MR) is 104 cm³/mol. The van der Waals surface area contributed by atoms with Gasteiger partial charge in [0.15, 0.2) is 0 Å². The van der Waals surface area contributed by atoms with Gasteiger partial charge in [-0.15, -0.1) is 6.58 Å². The van der Waals surface area contributed by atoms with Crippen LogP contribution in [0.4, 0.5) is 0 Å². The van der Waals surface area contributed by atoms with Gasteiger partial charge in [-0.05, 0) is 42.3 Å². The minimum atomic E-state index is -3.68. The zero-order valence-electron chi connectivity index (χ0n) is 13.8. The van der Waals surface area contributed by atoms with Crippen LogP contribution >= 0.6 is 23.2 Å². The smallest absolute Gasteiger partial charge is 0.251 e. The molecular formula is C18H18Cl2N2O3S. The van der Waals surface area contributed by atoms with Crippen molar-refractivity contribution < 1.29 is 13.2 Å². The van der Waals surface area contributed by atoms with Crippen molar-refractivity contribution in [1.29, 1.82) is 0 Å². The molecule has 0 saturated carbocycles. The molecule has 2 aromatic rings. The maximum Gasteiger partial charge on any atom is 0.251 e. The van der Waals surface area contributed by atoms with Gasteiger partial charge in [-0.3, -0.25) is 4.79 Å². The molecular weight excluding hydrogens is 395 g/mol. The molecule has 26 heavy (non-hydrogen) atoms. The van der Waals surface area contributed by atoms with Gasteiger partial charge in [-0.25, -0.2) is 13.1 Å². The van der Waals surface area contributed by atoms with Crippen LogP contribution in [0.5, 0.6) is 0 Å². The van der Waals surface area contributed by atoms with E-state index in [0.717, 1.165) is 5.56 Å². The first-order valence-electron chi connectivity index (χ1n) is 7.76. The second-order valence-electron chi connectivity index (χ2n) is 5.41. The molecule has 0 heterocycles. The summed E-state index contributed by atoms with van der Waals surface area (Å²) in [4.78, 5) is 12.3. The van der Waals surface area contributed by atoms with Gasteiger partial charge in [0.1, 0.15) is 0 Å².